The molecule has 4 rings (SSSR count). The van der Waals surface area contributed by atoms with Crippen molar-refractivity contribution in [2.75, 3.05) is 58.3 Å². The van der Waals surface area contributed by atoms with Crippen LogP contribution in [0.5, 0.6) is 0 Å². The van der Waals surface area contributed by atoms with Crippen LogP contribution in [0.4, 0.5) is 10.1 Å². The van der Waals surface area contributed by atoms with Crippen LogP contribution in [0.2, 0.25) is 0 Å². The highest BCUT2D eigenvalue weighted by Crippen LogP contribution is 2.31. The van der Waals surface area contributed by atoms with Crippen molar-refractivity contribution in [1.82, 2.24) is 15.1 Å². The molecule has 2 aromatic carbocycles. The van der Waals surface area contributed by atoms with Gasteiger partial charge < -0.3 is 15.1 Å². The number of fused-ring (bicyclic) bond motifs is 1. The molecule has 1 fully saturated rings. The molecule has 0 aromatic heterocycles. The van der Waals surface area contributed by atoms with Crippen LogP contribution in [0.3, 0.4) is 0 Å². The van der Waals surface area contributed by atoms with Crippen LogP contribution in [0.25, 0.3) is 0 Å². The molecular formula is C23H29FN4O. The minimum atomic E-state index is -0.393. The van der Waals surface area contributed by atoms with Crippen molar-refractivity contribution >= 4 is 11.6 Å². The van der Waals surface area contributed by atoms with E-state index in [4.69, 9.17) is 0 Å². The highest BCUT2D eigenvalue weighted by Gasteiger charge is 2.26. The van der Waals surface area contributed by atoms with Gasteiger partial charge in [0.25, 0.3) is 5.91 Å². The number of likely N-dealkylation sites (N-methyl/N-ethyl adjacent to an activating group) is 2. The van der Waals surface area contributed by atoms with E-state index >= 15 is 0 Å². The number of piperazine rings is 1. The molecule has 1 unspecified atom stereocenters. The van der Waals surface area contributed by atoms with E-state index in [2.05, 4.69) is 52.3 Å². The third kappa shape index (κ3) is 4.43. The van der Waals surface area contributed by atoms with Gasteiger partial charge in [-0.05, 0) is 48.9 Å². The van der Waals surface area contributed by atoms with Gasteiger partial charge in [0.2, 0.25) is 0 Å². The number of rotatable bonds is 5. The summed E-state index contributed by atoms with van der Waals surface area (Å²) in [7, 11) is 4.27. The van der Waals surface area contributed by atoms with E-state index < -0.39 is 5.82 Å². The van der Waals surface area contributed by atoms with Crippen molar-refractivity contribution in [2.24, 2.45) is 0 Å². The van der Waals surface area contributed by atoms with E-state index in [0.717, 1.165) is 39.1 Å². The molecule has 1 atom stereocenters. The Kier molecular flexibility index (Phi) is 5.83. The van der Waals surface area contributed by atoms with Crippen LogP contribution in [0.1, 0.15) is 27.5 Å². The number of amides is 1. The zero-order chi connectivity index (χ0) is 20.4. The second-order valence-corrected chi connectivity index (χ2v) is 8.14. The van der Waals surface area contributed by atoms with Gasteiger partial charge in [0.05, 0.1) is 6.04 Å². The van der Waals surface area contributed by atoms with Crippen molar-refractivity contribution in [1.29, 1.82) is 0 Å². The van der Waals surface area contributed by atoms with E-state index in [0.29, 0.717) is 12.1 Å². The maximum absolute atomic E-state index is 13.5. The van der Waals surface area contributed by atoms with Gasteiger partial charge in [0.1, 0.15) is 5.82 Å². The van der Waals surface area contributed by atoms with E-state index in [1.807, 2.05) is 0 Å². The molecule has 6 heteroatoms. The molecule has 0 saturated carbocycles. The third-order valence-electron chi connectivity index (χ3n) is 6.14. The van der Waals surface area contributed by atoms with Crippen LogP contribution >= 0.6 is 0 Å². The Bertz CT molecular complexity index is 879. The summed E-state index contributed by atoms with van der Waals surface area (Å²) in [6.07, 6.45) is 1.06. The number of halogens is 1. The van der Waals surface area contributed by atoms with Gasteiger partial charge in [0.15, 0.2) is 0 Å². The topological polar surface area (TPSA) is 38.8 Å². The highest BCUT2D eigenvalue weighted by molar-refractivity contribution is 5.94. The lowest BCUT2D eigenvalue weighted by Crippen LogP contribution is -2.48. The molecule has 1 N–H and O–H groups in total. The monoisotopic (exact) mass is 396 g/mol. The summed E-state index contributed by atoms with van der Waals surface area (Å²) in [5, 5.41) is 3.04. The van der Waals surface area contributed by atoms with Gasteiger partial charge in [-0.15, -0.1) is 0 Å². The predicted molar refractivity (Wildman–Crippen MR) is 114 cm³/mol. The third-order valence-corrected chi connectivity index (χ3v) is 6.14. The van der Waals surface area contributed by atoms with Crippen molar-refractivity contribution in [3.63, 3.8) is 0 Å². The van der Waals surface area contributed by atoms with Gasteiger partial charge in [-0.2, -0.15) is 0 Å². The lowest BCUT2D eigenvalue weighted by molar-refractivity contribution is 0.0886. The lowest BCUT2D eigenvalue weighted by atomic mass is 10.00. The Morgan fingerprint density at radius 2 is 1.86 bits per heavy atom. The summed E-state index contributed by atoms with van der Waals surface area (Å²) >= 11 is 0. The highest BCUT2D eigenvalue weighted by atomic mass is 19.1. The summed E-state index contributed by atoms with van der Waals surface area (Å²) < 4.78 is 13.5. The first kappa shape index (κ1) is 19.9. The van der Waals surface area contributed by atoms with Crippen LogP contribution < -0.4 is 10.2 Å². The number of carbonyl (C=O) groups excluding carboxylic acids is 1. The second kappa shape index (κ2) is 8.51. The van der Waals surface area contributed by atoms with Gasteiger partial charge >= 0.3 is 0 Å². The largest absolute Gasteiger partial charge is 0.374 e. The minimum absolute atomic E-state index is 0.109. The second-order valence-electron chi connectivity index (χ2n) is 8.14. The fourth-order valence-corrected chi connectivity index (χ4v) is 4.31. The van der Waals surface area contributed by atoms with Gasteiger partial charge in [-0.1, -0.05) is 18.2 Å². The van der Waals surface area contributed by atoms with E-state index in [-0.39, 0.29) is 11.9 Å². The number of hydrogen-bond donors (Lipinski definition) is 1. The van der Waals surface area contributed by atoms with E-state index in [1.165, 1.54) is 28.9 Å². The zero-order valence-corrected chi connectivity index (χ0v) is 17.2. The van der Waals surface area contributed by atoms with Crippen LogP contribution in [-0.2, 0) is 6.42 Å². The number of hydrogen-bond acceptors (Lipinski definition) is 4. The van der Waals surface area contributed by atoms with Crippen molar-refractivity contribution < 1.29 is 9.18 Å². The Hall–Kier alpha value is -2.44. The van der Waals surface area contributed by atoms with Gasteiger partial charge in [-0.3, -0.25) is 9.69 Å². The number of nitrogens with zero attached hydrogens (tertiary/aromatic N) is 3. The Morgan fingerprint density at radius 1 is 1.07 bits per heavy atom. The van der Waals surface area contributed by atoms with Crippen molar-refractivity contribution in [3.8, 4) is 0 Å². The van der Waals surface area contributed by atoms with Crippen molar-refractivity contribution in [2.45, 2.75) is 12.5 Å². The molecule has 0 spiro atoms. The van der Waals surface area contributed by atoms with E-state index in [1.54, 1.807) is 12.1 Å². The lowest BCUT2D eigenvalue weighted by Gasteiger charge is -2.38. The Balaban J connectivity index is 1.53. The Morgan fingerprint density at radius 3 is 2.62 bits per heavy atom. The molecule has 2 aliphatic heterocycles. The normalized spacial score (nSPS) is 18.5. The quantitative estimate of drug-likeness (QED) is 0.843. The molecule has 0 radical (unpaired) electrons. The summed E-state index contributed by atoms with van der Waals surface area (Å²) in [6, 6.07) is 12.7. The molecular weight excluding hydrogens is 367 g/mol. The number of nitrogens with one attached hydrogen (secondary N) is 1. The average molecular weight is 397 g/mol. The Labute approximate surface area is 172 Å². The molecule has 1 amide bonds. The number of benzene rings is 2. The fourth-order valence-electron chi connectivity index (χ4n) is 4.31. The summed E-state index contributed by atoms with van der Waals surface area (Å²) in [6.45, 7) is 5.52. The molecule has 5 nitrogen and oxygen atoms in total. The number of carbonyl (C=O) groups is 1. The first-order chi connectivity index (χ1) is 14.0. The zero-order valence-electron chi connectivity index (χ0n) is 17.2. The maximum atomic E-state index is 13.5. The first-order valence-corrected chi connectivity index (χ1v) is 10.3. The first-order valence-electron chi connectivity index (χ1n) is 10.3. The molecule has 1 saturated heterocycles. The van der Waals surface area contributed by atoms with Crippen molar-refractivity contribution in [3.05, 3.63) is 65.0 Å². The van der Waals surface area contributed by atoms with Crippen LogP contribution in [0.15, 0.2) is 42.5 Å². The van der Waals surface area contributed by atoms with Gasteiger partial charge in [-0.25, -0.2) is 4.39 Å². The molecule has 154 valence electrons. The summed E-state index contributed by atoms with van der Waals surface area (Å²) in [5.41, 5.74) is 4.27. The molecule has 2 aliphatic rings. The SMILES string of the molecule is CN1CCN(C(CNC(=O)c2cccc(F)c2)c2ccc3c(c2)CCN3C)CC1. The fraction of sp³-hybridized carbons (Fsp3) is 0.435. The molecule has 0 bridgehead atoms. The smallest absolute Gasteiger partial charge is 0.251 e. The summed E-state index contributed by atoms with van der Waals surface area (Å²) in [5.74, 6) is -0.625. The predicted octanol–water partition coefficient (Wildman–Crippen LogP) is 2.54. The number of anilines is 1. The minimum Gasteiger partial charge on any atom is -0.374 e. The maximum Gasteiger partial charge on any atom is 0.251 e. The van der Waals surface area contributed by atoms with Gasteiger partial charge in [0, 0.05) is 57.6 Å². The van der Waals surface area contributed by atoms with E-state index in [9.17, 15) is 9.18 Å². The summed E-state index contributed by atoms with van der Waals surface area (Å²) in [4.78, 5) is 19.7. The molecule has 2 heterocycles. The molecule has 2 aromatic rings. The van der Waals surface area contributed by atoms with Crippen LogP contribution in [0, 0.1) is 5.82 Å². The molecule has 0 aliphatic carbocycles. The average Bonchev–Trinajstić information content (AvgIpc) is 3.09. The molecule has 29 heavy (non-hydrogen) atoms. The van der Waals surface area contributed by atoms with Crippen LogP contribution in [-0.4, -0.2) is 69.1 Å². The standard InChI is InChI=1S/C23H29FN4O/c1-26-10-12-28(13-11-26)22(16-25-23(29)19-4-3-5-20(24)15-19)17-6-7-21-18(14-17)8-9-27(21)2/h3-7,14-15,22H,8-13,16H2,1-2H3,(H,25,29).